The summed E-state index contributed by atoms with van der Waals surface area (Å²) in [5, 5.41) is 3.70. The molecule has 2 rings (SSSR count). The fourth-order valence-corrected chi connectivity index (χ4v) is 2.60. The van der Waals surface area contributed by atoms with Gasteiger partial charge in [-0.05, 0) is 37.6 Å². The minimum absolute atomic E-state index is 0.0182. The van der Waals surface area contributed by atoms with E-state index in [1.165, 1.54) is 6.20 Å². The number of carbonyl (C=O) groups is 2. The van der Waals surface area contributed by atoms with E-state index >= 15 is 0 Å². The molecule has 2 aromatic rings. The van der Waals surface area contributed by atoms with E-state index in [0.29, 0.717) is 15.9 Å². The van der Waals surface area contributed by atoms with Crippen LogP contribution in [-0.4, -0.2) is 34.2 Å². The maximum Gasteiger partial charge on any atom is 0.343 e. The topological polar surface area (TPSA) is 107 Å². The Morgan fingerprint density at radius 1 is 1.40 bits per heavy atom. The number of hydrogen-bond donors (Lipinski definition) is 2. The summed E-state index contributed by atoms with van der Waals surface area (Å²) in [4.78, 5) is 31.7. The lowest BCUT2D eigenvalue weighted by atomic mass is 10.2. The van der Waals surface area contributed by atoms with E-state index in [2.05, 4.69) is 15.3 Å². The van der Waals surface area contributed by atoms with Gasteiger partial charge in [0.05, 0.1) is 12.4 Å². The molecule has 0 aliphatic heterocycles. The minimum atomic E-state index is -0.576. The number of thioether (sulfide) groups is 1. The number of nitrogens with one attached hydrogen (secondary N) is 1. The summed E-state index contributed by atoms with van der Waals surface area (Å²) >= 11 is 7.06. The van der Waals surface area contributed by atoms with Gasteiger partial charge in [0.25, 0.3) is 0 Å². The molecule has 0 radical (unpaired) electrons. The van der Waals surface area contributed by atoms with Crippen LogP contribution in [0, 0.1) is 6.92 Å². The molecule has 0 saturated carbocycles. The van der Waals surface area contributed by atoms with Crippen molar-refractivity contribution in [3.8, 4) is 0 Å². The number of nitrogens with zero attached hydrogens (tertiary/aromatic N) is 2. The minimum Gasteiger partial charge on any atom is -0.462 e. The highest BCUT2D eigenvalue weighted by molar-refractivity contribution is 7.99. The fourth-order valence-electron chi connectivity index (χ4n) is 1.86. The first-order valence-electron chi connectivity index (χ1n) is 7.39. The molecule has 0 spiro atoms. The third kappa shape index (κ3) is 5.33. The van der Waals surface area contributed by atoms with E-state index in [1.54, 1.807) is 25.1 Å². The number of aromatic nitrogens is 2. The van der Waals surface area contributed by atoms with Crippen molar-refractivity contribution < 1.29 is 14.3 Å². The van der Waals surface area contributed by atoms with Crippen molar-refractivity contribution in [1.29, 1.82) is 0 Å². The molecule has 1 amide bonds. The molecule has 9 heteroatoms. The van der Waals surface area contributed by atoms with E-state index in [1.807, 2.05) is 6.92 Å². The van der Waals surface area contributed by atoms with Gasteiger partial charge in [-0.3, -0.25) is 4.79 Å². The highest BCUT2D eigenvalue weighted by Crippen LogP contribution is 2.21. The van der Waals surface area contributed by atoms with Crippen molar-refractivity contribution in [2.24, 2.45) is 0 Å². The number of amides is 1. The van der Waals surface area contributed by atoms with E-state index in [9.17, 15) is 9.59 Å². The first kappa shape index (κ1) is 19.0. The zero-order valence-electron chi connectivity index (χ0n) is 13.7. The van der Waals surface area contributed by atoms with Gasteiger partial charge >= 0.3 is 5.97 Å². The number of anilines is 2. The summed E-state index contributed by atoms with van der Waals surface area (Å²) in [6.45, 7) is 3.79. The Hall–Kier alpha value is -2.32. The van der Waals surface area contributed by atoms with E-state index in [-0.39, 0.29) is 29.6 Å². The van der Waals surface area contributed by atoms with Crippen LogP contribution in [0.1, 0.15) is 22.8 Å². The summed E-state index contributed by atoms with van der Waals surface area (Å²) in [6, 6.07) is 5.23. The van der Waals surface area contributed by atoms with E-state index < -0.39 is 5.97 Å². The Morgan fingerprint density at radius 3 is 2.80 bits per heavy atom. The Bertz CT molecular complexity index is 801. The van der Waals surface area contributed by atoms with Gasteiger partial charge in [-0.2, -0.15) is 0 Å². The van der Waals surface area contributed by atoms with Crippen LogP contribution in [0.15, 0.2) is 29.6 Å². The number of esters is 1. The number of hydrogen-bond acceptors (Lipinski definition) is 7. The van der Waals surface area contributed by atoms with Crippen LogP contribution in [0.4, 0.5) is 11.5 Å². The molecule has 1 aromatic carbocycles. The molecular formula is C16H17ClN4O3S. The number of benzene rings is 1. The van der Waals surface area contributed by atoms with Crippen molar-refractivity contribution in [3.63, 3.8) is 0 Å². The Balaban J connectivity index is 1.94. The Labute approximate surface area is 154 Å². The molecule has 0 bridgehead atoms. The van der Waals surface area contributed by atoms with Crippen molar-refractivity contribution >= 4 is 46.7 Å². The number of nitrogen functional groups attached to an aromatic ring is 1. The molecule has 25 heavy (non-hydrogen) atoms. The largest absolute Gasteiger partial charge is 0.462 e. The maximum absolute atomic E-state index is 12.0. The summed E-state index contributed by atoms with van der Waals surface area (Å²) in [6.07, 6.45) is 1.29. The second-order valence-corrected chi connectivity index (χ2v) is 6.32. The SMILES string of the molecule is CCOC(=O)c1cnc(SCC(=O)Nc2ccc(Cl)c(C)c2)nc1N. The molecule has 7 nitrogen and oxygen atoms in total. The lowest BCUT2D eigenvalue weighted by molar-refractivity contribution is -0.113. The lowest BCUT2D eigenvalue weighted by Gasteiger charge is -2.07. The van der Waals surface area contributed by atoms with Gasteiger partial charge in [0.15, 0.2) is 5.16 Å². The van der Waals surface area contributed by atoms with Crippen molar-refractivity contribution in [3.05, 3.63) is 40.5 Å². The van der Waals surface area contributed by atoms with E-state index in [4.69, 9.17) is 22.1 Å². The van der Waals surface area contributed by atoms with Crippen LogP contribution < -0.4 is 11.1 Å². The average molecular weight is 381 g/mol. The molecule has 1 aromatic heterocycles. The van der Waals surface area contributed by atoms with Crippen LogP contribution in [0.5, 0.6) is 0 Å². The second-order valence-electron chi connectivity index (χ2n) is 4.97. The third-order valence-corrected chi connectivity index (χ3v) is 4.35. The zero-order valence-corrected chi connectivity index (χ0v) is 15.3. The number of rotatable bonds is 6. The predicted molar refractivity (Wildman–Crippen MR) is 97.9 cm³/mol. The average Bonchev–Trinajstić information content (AvgIpc) is 2.56. The van der Waals surface area contributed by atoms with Gasteiger partial charge in [0.1, 0.15) is 11.4 Å². The monoisotopic (exact) mass is 380 g/mol. The number of nitrogens with two attached hydrogens (primary N) is 1. The molecule has 0 atom stereocenters. The van der Waals surface area contributed by atoms with Gasteiger partial charge in [0, 0.05) is 16.9 Å². The van der Waals surface area contributed by atoms with Gasteiger partial charge < -0.3 is 15.8 Å². The van der Waals surface area contributed by atoms with Gasteiger partial charge in [-0.25, -0.2) is 14.8 Å². The van der Waals surface area contributed by atoms with Crippen LogP contribution >= 0.6 is 23.4 Å². The second kappa shape index (κ2) is 8.68. The highest BCUT2D eigenvalue weighted by Gasteiger charge is 2.14. The molecule has 0 fully saturated rings. The van der Waals surface area contributed by atoms with Crippen LogP contribution in [0.3, 0.4) is 0 Å². The first-order valence-corrected chi connectivity index (χ1v) is 8.75. The highest BCUT2D eigenvalue weighted by atomic mass is 35.5. The van der Waals surface area contributed by atoms with Gasteiger partial charge in [-0.1, -0.05) is 23.4 Å². The third-order valence-electron chi connectivity index (χ3n) is 3.07. The standard InChI is InChI=1S/C16H17ClN4O3S/c1-3-24-15(23)11-7-19-16(21-14(11)18)25-8-13(22)20-10-4-5-12(17)9(2)6-10/h4-7H,3,8H2,1-2H3,(H,20,22)(H2,18,19,21). The molecule has 132 valence electrons. The van der Waals surface area contributed by atoms with Crippen molar-refractivity contribution in [2.75, 3.05) is 23.4 Å². The molecule has 0 aliphatic rings. The first-order chi connectivity index (χ1) is 11.9. The van der Waals surface area contributed by atoms with Crippen molar-refractivity contribution in [2.45, 2.75) is 19.0 Å². The molecule has 1 heterocycles. The molecule has 3 N–H and O–H groups in total. The molecule has 0 aliphatic carbocycles. The summed E-state index contributed by atoms with van der Waals surface area (Å²) < 4.78 is 4.85. The summed E-state index contributed by atoms with van der Waals surface area (Å²) in [7, 11) is 0. The number of aryl methyl sites for hydroxylation is 1. The number of halogens is 1. The molecular weight excluding hydrogens is 364 g/mol. The normalized spacial score (nSPS) is 10.4. The Kier molecular flexibility index (Phi) is 6.60. The Morgan fingerprint density at radius 2 is 2.16 bits per heavy atom. The number of ether oxygens (including phenoxy) is 1. The quantitative estimate of drug-likeness (QED) is 0.450. The maximum atomic E-state index is 12.0. The summed E-state index contributed by atoms with van der Waals surface area (Å²) in [5.74, 6) is -0.680. The van der Waals surface area contributed by atoms with Crippen LogP contribution in [0.2, 0.25) is 5.02 Å². The van der Waals surface area contributed by atoms with Crippen molar-refractivity contribution in [1.82, 2.24) is 9.97 Å². The van der Waals surface area contributed by atoms with Crippen LogP contribution in [-0.2, 0) is 9.53 Å². The zero-order chi connectivity index (χ0) is 18.4. The predicted octanol–water partition coefficient (Wildman–Crippen LogP) is 2.93. The summed E-state index contributed by atoms with van der Waals surface area (Å²) in [5.41, 5.74) is 7.37. The fraction of sp³-hybridized carbons (Fsp3) is 0.250. The number of carbonyl (C=O) groups excluding carboxylic acids is 2. The van der Waals surface area contributed by atoms with Gasteiger partial charge in [-0.15, -0.1) is 0 Å². The molecule has 0 unspecified atom stereocenters. The van der Waals surface area contributed by atoms with Gasteiger partial charge in [0.2, 0.25) is 5.91 Å². The smallest absolute Gasteiger partial charge is 0.343 e. The van der Waals surface area contributed by atoms with Crippen LogP contribution in [0.25, 0.3) is 0 Å². The van der Waals surface area contributed by atoms with E-state index in [0.717, 1.165) is 17.3 Å². The molecule has 0 saturated heterocycles. The lowest BCUT2D eigenvalue weighted by Crippen LogP contribution is -2.15.